The summed E-state index contributed by atoms with van der Waals surface area (Å²) in [5, 5.41) is 20.0. The maximum absolute atomic E-state index is 10.6. The molecule has 112 valence electrons. The fourth-order valence-electron chi connectivity index (χ4n) is 1.99. The lowest BCUT2D eigenvalue weighted by atomic mass is 10.1. The van der Waals surface area contributed by atoms with E-state index in [2.05, 4.69) is 20.2 Å². The number of thiazole rings is 1. The molecule has 0 amide bonds. The largest absolute Gasteiger partial charge is 0.375 e. The van der Waals surface area contributed by atoms with E-state index in [4.69, 9.17) is 5.73 Å². The number of anilines is 1. The Kier molecular flexibility index (Phi) is 3.79. The molecular formula is C13H12N6O2S. The quantitative estimate of drug-likeness (QED) is 0.547. The minimum Gasteiger partial charge on any atom is -0.375 e. The molecule has 0 saturated heterocycles. The van der Waals surface area contributed by atoms with Crippen molar-refractivity contribution in [1.82, 2.24) is 20.2 Å². The average Bonchev–Trinajstić information content (AvgIpc) is 3.09. The highest BCUT2D eigenvalue weighted by Gasteiger charge is 2.09. The van der Waals surface area contributed by atoms with Crippen LogP contribution in [0.4, 0.5) is 10.8 Å². The molecule has 0 atom stereocenters. The third kappa shape index (κ3) is 3.26. The number of H-pyrrole nitrogens is 1. The lowest BCUT2D eigenvalue weighted by molar-refractivity contribution is -0.384. The van der Waals surface area contributed by atoms with Crippen LogP contribution in [0, 0.1) is 10.1 Å². The van der Waals surface area contributed by atoms with Gasteiger partial charge in [-0.05, 0) is 5.56 Å². The number of nitro benzene ring substituents is 1. The zero-order chi connectivity index (χ0) is 15.5. The standard InChI is InChI=1S/C13H12N6O2S/c14-13-15-9(7-22-13)6-12-16-11(17-18-12)5-8-1-3-10(4-2-8)19(20)21/h1-4,7H,5-6H2,(H2,14,15)(H,16,17,18). The minimum atomic E-state index is -0.421. The van der Waals surface area contributed by atoms with Gasteiger partial charge in [0, 0.05) is 23.9 Å². The van der Waals surface area contributed by atoms with Crippen LogP contribution in [0.15, 0.2) is 29.6 Å². The van der Waals surface area contributed by atoms with E-state index in [1.165, 1.54) is 23.5 Å². The van der Waals surface area contributed by atoms with E-state index < -0.39 is 4.92 Å². The van der Waals surface area contributed by atoms with Crippen molar-refractivity contribution >= 4 is 22.2 Å². The van der Waals surface area contributed by atoms with Crippen molar-refractivity contribution in [3.8, 4) is 0 Å². The van der Waals surface area contributed by atoms with Gasteiger partial charge in [0.1, 0.15) is 5.82 Å². The Morgan fingerprint density at radius 1 is 1.23 bits per heavy atom. The average molecular weight is 316 g/mol. The number of aromatic amines is 1. The van der Waals surface area contributed by atoms with E-state index in [1.807, 2.05) is 5.38 Å². The van der Waals surface area contributed by atoms with Gasteiger partial charge in [-0.3, -0.25) is 15.2 Å². The summed E-state index contributed by atoms with van der Waals surface area (Å²) in [6, 6.07) is 6.37. The van der Waals surface area contributed by atoms with Crippen molar-refractivity contribution in [3.63, 3.8) is 0 Å². The first-order valence-electron chi connectivity index (χ1n) is 6.43. The minimum absolute atomic E-state index is 0.0723. The second-order valence-corrected chi connectivity index (χ2v) is 5.54. The molecule has 0 aliphatic heterocycles. The fraction of sp³-hybridized carbons (Fsp3) is 0.154. The van der Waals surface area contributed by atoms with Crippen molar-refractivity contribution in [3.05, 3.63) is 62.7 Å². The lowest BCUT2D eigenvalue weighted by Crippen LogP contribution is -1.94. The molecule has 0 saturated carbocycles. The number of nitrogens with one attached hydrogen (secondary N) is 1. The molecule has 0 fully saturated rings. The van der Waals surface area contributed by atoms with Crippen molar-refractivity contribution in [2.45, 2.75) is 12.8 Å². The molecule has 0 bridgehead atoms. The van der Waals surface area contributed by atoms with Crippen LogP contribution in [-0.4, -0.2) is 25.1 Å². The molecule has 0 spiro atoms. The Morgan fingerprint density at radius 2 is 2.00 bits per heavy atom. The molecule has 3 N–H and O–H groups in total. The molecule has 1 aromatic carbocycles. The molecular weight excluding hydrogens is 304 g/mol. The molecule has 2 aromatic heterocycles. The molecule has 3 aromatic rings. The van der Waals surface area contributed by atoms with Crippen molar-refractivity contribution < 1.29 is 4.92 Å². The summed E-state index contributed by atoms with van der Waals surface area (Å²) in [6.45, 7) is 0. The first-order valence-corrected chi connectivity index (χ1v) is 7.31. The summed E-state index contributed by atoms with van der Waals surface area (Å²) < 4.78 is 0. The van der Waals surface area contributed by atoms with E-state index in [1.54, 1.807) is 12.1 Å². The number of rotatable bonds is 5. The zero-order valence-electron chi connectivity index (χ0n) is 11.4. The van der Waals surface area contributed by atoms with Crippen LogP contribution in [0.2, 0.25) is 0 Å². The SMILES string of the molecule is Nc1nc(Cc2n[nH]c(Cc3ccc([N+](=O)[O-])cc3)n2)cs1. The summed E-state index contributed by atoms with van der Waals surface area (Å²) in [6.07, 6.45) is 1.05. The van der Waals surface area contributed by atoms with E-state index in [0.717, 1.165) is 11.3 Å². The fourth-order valence-corrected chi connectivity index (χ4v) is 2.55. The van der Waals surface area contributed by atoms with Crippen LogP contribution >= 0.6 is 11.3 Å². The third-order valence-electron chi connectivity index (χ3n) is 3.01. The van der Waals surface area contributed by atoms with Crippen LogP contribution in [0.1, 0.15) is 22.9 Å². The molecule has 0 unspecified atom stereocenters. The number of nitrogens with two attached hydrogens (primary N) is 1. The van der Waals surface area contributed by atoms with Gasteiger partial charge in [-0.15, -0.1) is 11.3 Å². The second kappa shape index (κ2) is 5.90. The maximum Gasteiger partial charge on any atom is 0.269 e. The van der Waals surface area contributed by atoms with Gasteiger partial charge in [0.2, 0.25) is 0 Å². The predicted molar refractivity (Wildman–Crippen MR) is 81.6 cm³/mol. The predicted octanol–water partition coefficient (Wildman–Crippen LogP) is 1.93. The number of hydrogen-bond acceptors (Lipinski definition) is 7. The van der Waals surface area contributed by atoms with Gasteiger partial charge in [-0.1, -0.05) is 12.1 Å². The van der Waals surface area contributed by atoms with Gasteiger partial charge < -0.3 is 5.73 Å². The van der Waals surface area contributed by atoms with Crippen molar-refractivity contribution in [2.75, 3.05) is 5.73 Å². The Balaban J connectivity index is 1.67. The molecule has 3 rings (SSSR count). The normalized spacial score (nSPS) is 10.7. The molecule has 9 heteroatoms. The highest BCUT2D eigenvalue weighted by atomic mass is 32.1. The molecule has 0 aliphatic rings. The summed E-state index contributed by atoms with van der Waals surface area (Å²) in [5.74, 6) is 1.34. The smallest absolute Gasteiger partial charge is 0.269 e. The molecule has 2 heterocycles. The van der Waals surface area contributed by atoms with Gasteiger partial charge in [0.15, 0.2) is 11.0 Å². The zero-order valence-corrected chi connectivity index (χ0v) is 12.2. The number of nitrogens with zero attached hydrogens (tertiary/aromatic N) is 4. The number of aromatic nitrogens is 4. The van der Waals surface area contributed by atoms with Crippen molar-refractivity contribution in [1.29, 1.82) is 0 Å². The first kappa shape index (κ1) is 14.1. The number of non-ortho nitro benzene ring substituents is 1. The van der Waals surface area contributed by atoms with Crippen LogP contribution in [0.25, 0.3) is 0 Å². The van der Waals surface area contributed by atoms with Crippen LogP contribution < -0.4 is 5.73 Å². The van der Waals surface area contributed by atoms with E-state index in [9.17, 15) is 10.1 Å². The molecule has 0 aliphatic carbocycles. The number of nitro groups is 1. The highest BCUT2D eigenvalue weighted by Crippen LogP contribution is 2.15. The van der Waals surface area contributed by atoms with Gasteiger partial charge in [-0.25, -0.2) is 9.97 Å². The summed E-state index contributed by atoms with van der Waals surface area (Å²) in [7, 11) is 0. The summed E-state index contributed by atoms with van der Waals surface area (Å²) in [5.41, 5.74) is 7.42. The highest BCUT2D eigenvalue weighted by molar-refractivity contribution is 7.13. The molecule has 0 radical (unpaired) electrons. The second-order valence-electron chi connectivity index (χ2n) is 4.65. The van der Waals surface area contributed by atoms with Gasteiger partial charge >= 0.3 is 0 Å². The third-order valence-corrected chi connectivity index (χ3v) is 3.73. The van der Waals surface area contributed by atoms with Gasteiger partial charge in [0.25, 0.3) is 5.69 Å². The Hall–Kier alpha value is -2.81. The number of hydrogen-bond donors (Lipinski definition) is 2. The number of benzene rings is 1. The van der Waals surface area contributed by atoms with E-state index >= 15 is 0 Å². The summed E-state index contributed by atoms with van der Waals surface area (Å²) >= 11 is 1.38. The molecule has 22 heavy (non-hydrogen) atoms. The lowest BCUT2D eigenvalue weighted by Gasteiger charge is -1.97. The van der Waals surface area contributed by atoms with E-state index in [-0.39, 0.29) is 5.69 Å². The van der Waals surface area contributed by atoms with Crippen LogP contribution in [-0.2, 0) is 12.8 Å². The van der Waals surface area contributed by atoms with Crippen molar-refractivity contribution in [2.24, 2.45) is 0 Å². The Labute approximate surface area is 129 Å². The Bertz CT molecular complexity index is 795. The topological polar surface area (TPSA) is 124 Å². The van der Waals surface area contributed by atoms with E-state index in [0.29, 0.717) is 29.6 Å². The van der Waals surface area contributed by atoms with Crippen LogP contribution in [0.3, 0.4) is 0 Å². The molecule has 8 nitrogen and oxygen atoms in total. The monoisotopic (exact) mass is 316 g/mol. The van der Waals surface area contributed by atoms with Gasteiger partial charge in [0.05, 0.1) is 17.0 Å². The number of nitrogen functional groups attached to an aromatic ring is 1. The van der Waals surface area contributed by atoms with Gasteiger partial charge in [-0.2, -0.15) is 5.10 Å². The Morgan fingerprint density at radius 3 is 2.64 bits per heavy atom. The maximum atomic E-state index is 10.6. The van der Waals surface area contributed by atoms with Crippen LogP contribution in [0.5, 0.6) is 0 Å². The first-order chi connectivity index (χ1) is 10.6. The summed E-state index contributed by atoms with van der Waals surface area (Å²) in [4.78, 5) is 18.7.